The van der Waals surface area contributed by atoms with Gasteiger partial charge in [0.05, 0.1) is 0 Å². The fourth-order valence-corrected chi connectivity index (χ4v) is 5.64. The zero-order valence-corrected chi connectivity index (χ0v) is 8.57. The van der Waals surface area contributed by atoms with Gasteiger partial charge >= 0.3 is 0 Å². The van der Waals surface area contributed by atoms with Crippen LogP contribution in [0.5, 0.6) is 0 Å². The van der Waals surface area contributed by atoms with Crippen LogP contribution < -0.4 is 0 Å². The summed E-state index contributed by atoms with van der Waals surface area (Å²) in [5.74, 6) is 0. The van der Waals surface area contributed by atoms with Crippen LogP contribution in [0.4, 0.5) is 0 Å². The molecule has 1 aliphatic carbocycles. The number of fused-ring (bicyclic) bond motifs is 1. The quantitative estimate of drug-likeness (QED) is 0.565. The topological polar surface area (TPSA) is 17.1 Å². The van der Waals surface area contributed by atoms with Crippen molar-refractivity contribution in [2.75, 3.05) is 0 Å². The molecule has 2 rings (SSSR count). The number of hydrogen-bond donors (Lipinski definition) is 0. The Morgan fingerprint density at radius 1 is 1.18 bits per heavy atom. The molecule has 2 atom stereocenters. The molecule has 4 heteroatoms. The van der Waals surface area contributed by atoms with Crippen molar-refractivity contribution in [3.05, 3.63) is 0 Å². The van der Waals surface area contributed by atoms with Gasteiger partial charge in [0.2, 0.25) is 0 Å². The first-order valence-electron chi connectivity index (χ1n) is 3.90. The lowest BCUT2D eigenvalue weighted by atomic mass is 10.00. The second-order valence-electron chi connectivity index (χ2n) is 2.93. The van der Waals surface area contributed by atoms with Crippen LogP contribution >= 0.6 is 23.5 Å². The molecule has 0 radical (unpaired) electrons. The van der Waals surface area contributed by atoms with Gasteiger partial charge in [0.15, 0.2) is 0 Å². The molecule has 2 aliphatic rings. The van der Waals surface area contributed by atoms with Crippen molar-refractivity contribution in [1.82, 2.24) is 0 Å². The summed E-state index contributed by atoms with van der Waals surface area (Å²) in [6.45, 7) is 0. The largest absolute Gasteiger partial charge is 0.211 e. The van der Waals surface area contributed by atoms with Crippen LogP contribution in [0.15, 0.2) is 0 Å². The zero-order chi connectivity index (χ0) is 7.68. The van der Waals surface area contributed by atoms with E-state index in [2.05, 4.69) is 0 Å². The van der Waals surface area contributed by atoms with Crippen LogP contribution in [0, 0.1) is 0 Å². The van der Waals surface area contributed by atoms with Crippen molar-refractivity contribution in [2.45, 2.75) is 36.2 Å². The lowest BCUT2D eigenvalue weighted by molar-refractivity contribution is 0.532. The Hall–Kier alpha value is 0.590. The van der Waals surface area contributed by atoms with Gasteiger partial charge in [0, 0.05) is 10.5 Å². The van der Waals surface area contributed by atoms with Crippen LogP contribution in [-0.2, 0) is 11.3 Å². The Morgan fingerprint density at radius 2 is 1.73 bits per heavy atom. The van der Waals surface area contributed by atoms with E-state index in [9.17, 15) is 4.21 Å². The Labute approximate surface area is 78.8 Å². The van der Waals surface area contributed by atoms with Crippen molar-refractivity contribution in [1.29, 1.82) is 0 Å². The van der Waals surface area contributed by atoms with E-state index >= 15 is 0 Å². The maximum Gasteiger partial charge on any atom is 0.135 e. The third-order valence-corrected chi connectivity index (χ3v) is 6.20. The van der Waals surface area contributed by atoms with E-state index in [1.807, 2.05) is 23.5 Å². The van der Waals surface area contributed by atoms with E-state index in [0.29, 0.717) is 11.3 Å². The highest BCUT2D eigenvalue weighted by Crippen LogP contribution is 2.45. The summed E-state index contributed by atoms with van der Waals surface area (Å²) >= 11 is 4.34. The van der Waals surface area contributed by atoms with E-state index in [-0.39, 0.29) is 0 Å². The van der Waals surface area contributed by atoms with Gasteiger partial charge in [0.1, 0.15) is 14.8 Å². The molecule has 62 valence electrons. The molecule has 0 bridgehead atoms. The molecular formula is C7H10OS3. The maximum absolute atomic E-state index is 10.5. The minimum absolute atomic E-state index is 0.691. The van der Waals surface area contributed by atoms with Crippen LogP contribution in [0.3, 0.4) is 0 Å². The van der Waals surface area contributed by atoms with Crippen molar-refractivity contribution in [3.8, 4) is 0 Å². The standard InChI is InChI=1S/C7H10OS3/c8-11-7-9-5-3-1-2-4-6(5)10-7/h5-6H,1-4H2/t5-,6-/m0/s1. The predicted molar refractivity (Wildman–Crippen MR) is 54.4 cm³/mol. The third kappa shape index (κ3) is 1.68. The van der Waals surface area contributed by atoms with Crippen molar-refractivity contribution < 1.29 is 4.21 Å². The fraction of sp³-hybridized carbons (Fsp3) is 0.857. The first-order valence-corrected chi connectivity index (χ1v) is 6.40. The molecule has 1 nitrogen and oxygen atoms in total. The molecule has 0 amide bonds. The Kier molecular flexibility index (Phi) is 2.64. The number of rotatable bonds is 0. The van der Waals surface area contributed by atoms with Gasteiger partial charge in [-0.15, -0.1) is 23.5 Å². The van der Waals surface area contributed by atoms with E-state index in [4.69, 9.17) is 0 Å². The first kappa shape index (κ1) is 8.20. The molecular weight excluding hydrogens is 196 g/mol. The van der Waals surface area contributed by atoms with Gasteiger partial charge in [-0.1, -0.05) is 12.8 Å². The number of hydrogen-bond acceptors (Lipinski definition) is 3. The van der Waals surface area contributed by atoms with Gasteiger partial charge in [-0.2, -0.15) is 0 Å². The number of thioether (sulfide) groups is 2. The minimum Gasteiger partial charge on any atom is -0.211 e. The van der Waals surface area contributed by atoms with Gasteiger partial charge < -0.3 is 0 Å². The SMILES string of the molecule is O=S=C1S[C@H]2CCCC[C@@H]2S1. The van der Waals surface area contributed by atoms with Gasteiger partial charge in [-0.3, -0.25) is 0 Å². The normalized spacial score (nSPS) is 36.9. The highest BCUT2D eigenvalue weighted by atomic mass is 32.2. The summed E-state index contributed by atoms with van der Waals surface area (Å²) in [6.07, 6.45) is 5.38. The monoisotopic (exact) mass is 206 g/mol. The molecule has 1 saturated heterocycles. The van der Waals surface area contributed by atoms with E-state index in [1.54, 1.807) is 0 Å². The Morgan fingerprint density at radius 3 is 2.18 bits per heavy atom. The fourth-order valence-electron chi connectivity index (χ4n) is 1.65. The maximum atomic E-state index is 10.5. The molecule has 0 aromatic carbocycles. The highest BCUT2D eigenvalue weighted by molar-refractivity contribution is 8.48. The molecule has 1 heterocycles. The van der Waals surface area contributed by atoms with Crippen LogP contribution in [0.25, 0.3) is 0 Å². The average Bonchev–Trinajstić information content (AvgIpc) is 2.46. The molecule has 2 fully saturated rings. The summed E-state index contributed by atoms with van der Waals surface area (Å²) in [6, 6.07) is 0. The van der Waals surface area contributed by atoms with E-state index in [1.165, 1.54) is 25.7 Å². The van der Waals surface area contributed by atoms with Crippen LogP contribution in [-0.4, -0.2) is 18.2 Å². The van der Waals surface area contributed by atoms with Gasteiger partial charge in [-0.05, 0) is 12.8 Å². The van der Waals surface area contributed by atoms with Gasteiger partial charge in [0.25, 0.3) is 0 Å². The lowest BCUT2D eigenvalue weighted by Gasteiger charge is -2.21. The van der Waals surface area contributed by atoms with E-state index < -0.39 is 0 Å². The Balaban J connectivity index is 2.09. The summed E-state index contributed by atoms with van der Waals surface area (Å²) in [5.41, 5.74) is 0. The molecule has 0 spiro atoms. The second-order valence-corrected chi connectivity index (χ2v) is 6.78. The minimum atomic E-state index is 0.691. The molecule has 1 aliphatic heterocycles. The predicted octanol–water partition coefficient (Wildman–Crippen LogP) is 2.08. The molecule has 0 N–H and O–H groups in total. The van der Waals surface area contributed by atoms with E-state index in [0.717, 1.165) is 14.0 Å². The van der Waals surface area contributed by atoms with Crippen molar-refractivity contribution in [3.63, 3.8) is 0 Å². The van der Waals surface area contributed by atoms with Crippen molar-refractivity contribution >= 4 is 38.3 Å². The molecule has 11 heavy (non-hydrogen) atoms. The summed E-state index contributed by atoms with van der Waals surface area (Å²) in [5, 5.41) is 1.54. The summed E-state index contributed by atoms with van der Waals surface area (Å²) in [7, 11) is 0. The van der Waals surface area contributed by atoms with Crippen molar-refractivity contribution in [2.24, 2.45) is 0 Å². The van der Waals surface area contributed by atoms with Crippen LogP contribution in [0.2, 0.25) is 0 Å². The molecule has 0 unspecified atom stereocenters. The van der Waals surface area contributed by atoms with Crippen LogP contribution in [0.1, 0.15) is 25.7 Å². The lowest BCUT2D eigenvalue weighted by Crippen LogP contribution is -2.19. The summed E-state index contributed by atoms with van der Waals surface area (Å²) < 4.78 is 11.6. The smallest absolute Gasteiger partial charge is 0.135 e. The average molecular weight is 206 g/mol. The summed E-state index contributed by atoms with van der Waals surface area (Å²) in [4.78, 5) is 0. The first-order chi connectivity index (χ1) is 5.40. The zero-order valence-electron chi connectivity index (χ0n) is 6.12. The second kappa shape index (κ2) is 3.54. The van der Waals surface area contributed by atoms with Gasteiger partial charge in [-0.25, -0.2) is 4.21 Å². The third-order valence-electron chi connectivity index (χ3n) is 2.21. The molecule has 1 saturated carbocycles. The highest BCUT2D eigenvalue weighted by Gasteiger charge is 2.34. The molecule has 0 aromatic rings. The Bertz CT molecular complexity index is 194. The molecule has 0 aromatic heterocycles.